The topological polar surface area (TPSA) is 80.9 Å². The number of halogens is 1. The fourth-order valence-corrected chi connectivity index (χ4v) is 1.68. The number of nitrogens with one attached hydrogen (secondary N) is 1. The summed E-state index contributed by atoms with van der Waals surface area (Å²) in [7, 11) is 0. The molecule has 0 fully saturated rings. The third-order valence-electron chi connectivity index (χ3n) is 2.36. The quantitative estimate of drug-likeness (QED) is 0.823. The highest BCUT2D eigenvalue weighted by molar-refractivity contribution is 6.32. The second-order valence-corrected chi connectivity index (χ2v) is 4.15. The van der Waals surface area contributed by atoms with Crippen molar-refractivity contribution in [2.24, 2.45) is 5.73 Å². The highest BCUT2D eigenvalue weighted by atomic mass is 35.5. The fourth-order valence-electron chi connectivity index (χ4n) is 1.46. The van der Waals surface area contributed by atoms with Crippen LogP contribution in [0.4, 0.5) is 5.82 Å². The van der Waals surface area contributed by atoms with Crippen LogP contribution >= 0.6 is 11.6 Å². The van der Waals surface area contributed by atoms with Crippen molar-refractivity contribution in [1.82, 2.24) is 9.97 Å². The Morgan fingerprint density at radius 2 is 2.25 bits per heavy atom. The summed E-state index contributed by atoms with van der Waals surface area (Å²) in [5.74, 6) is 5.60. The number of anilines is 1. The first kappa shape index (κ1) is 14.0. The molecule has 0 saturated heterocycles. The van der Waals surface area contributed by atoms with Gasteiger partial charge in [-0.2, -0.15) is 0 Å². The van der Waals surface area contributed by atoms with Crippen molar-refractivity contribution in [3.05, 3.63) is 52.9 Å². The lowest BCUT2D eigenvalue weighted by molar-refractivity contribution is 0.102. The third kappa shape index (κ3) is 3.54. The lowest BCUT2D eigenvalue weighted by atomic mass is 10.1. The summed E-state index contributed by atoms with van der Waals surface area (Å²) in [6.45, 7) is 0.255. The second kappa shape index (κ2) is 6.66. The first-order valence-electron chi connectivity index (χ1n) is 5.76. The van der Waals surface area contributed by atoms with Crippen molar-refractivity contribution in [2.75, 3.05) is 11.9 Å². The van der Waals surface area contributed by atoms with E-state index in [9.17, 15) is 4.79 Å². The first-order chi connectivity index (χ1) is 9.70. The van der Waals surface area contributed by atoms with E-state index in [-0.39, 0.29) is 12.5 Å². The van der Waals surface area contributed by atoms with Crippen LogP contribution in [-0.4, -0.2) is 22.4 Å². The van der Waals surface area contributed by atoms with Crippen LogP contribution in [0.25, 0.3) is 0 Å². The van der Waals surface area contributed by atoms with E-state index in [0.717, 1.165) is 0 Å². The van der Waals surface area contributed by atoms with Gasteiger partial charge in [-0.15, -0.1) is 0 Å². The Morgan fingerprint density at radius 1 is 1.40 bits per heavy atom. The molecule has 0 aliphatic heterocycles. The van der Waals surface area contributed by atoms with Gasteiger partial charge in [0.25, 0.3) is 5.91 Å². The molecular weight excluding hydrogens is 276 g/mol. The Kier molecular flexibility index (Phi) is 4.66. The Labute approximate surface area is 121 Å². The molecule has 1 heterocycles. The van der Waals surface area contributed by atoms with Gasteiger partial charge in [-0.3, -0.25) is 9.78 Å². The zero-order chi connectivity index (χ0) is 14.4. The lowest BCUT2D eigenvalue weighted by Crippen LogP contribution is -2.13. The molecule has 20 heavy (non-hydrogen) atoms. The summed E-state index contributed by atoms with van der Waals surface area (Å²) in [6.07, 6.45) is 4.48. The van der Waals surface area contributed by atoms with E-state index in [0.29, 0.717) is 22.0 Å². The van der Waals surface area contributed by atoms with Gasteiger partial charge in [0.2, 0.25) is 0 Å². The van der Waals surface area contributed by atoms with Gasteiger partial charge in [-0.05, 0) is 18.2 Å². The molecule has 0 saturated carbocycles. The van der Waals surface area contributed by atoms with E-state index < -0.39 is 0 Å². The molecule has 0 aliphatic carbocycles. The van der Waals surface area contributed by atoms with Crippen molar-refractivity contribution in [2.45, 2.75) is 0 Å². The number of hydrogen-bond acceptors (Lipinski definition) is 4. The summed E-state index contributed by atoms with van der Waals surface area (Å²) in [4.78, 5) is 19.8. The molecule has 2 rings (SSSR count). The minimum absolute atomic E-state index is 0.255. The number of rotatable bonds is 2. The van der Waals surface area contributed by atoms with Gasteiger partial charge in [0.05, 0.1) is 17.8 Å². The van der Waals surface area contributed by atoms with Gasteiger partial charge in [0.1, 0.15) is 0 Å². The first-order valence-corrected chi connectivity index (χ1v) is 6.14. The zero-order valence-electron chi connectivity index (χ0n) is 10.4. The van der Waals surface area contributed by atoms with E-state index in [1.165, 1.54) is 18.6 Å². The van der Waals surface area contributed by atoms with E-state index in [1.54, 1.807) is 18.2 Å². The number of aromatic nitrogens is 2. The minimum atomic E-state index is -0.314. The van der Waals surface area contributed by atoms with Crippen LogP contribution in [-0.2, 0) is 0 Å². The molecule has 1 aromatic heterocycles. The molecule has 3 N–H and O–H groups in total. The van der Waals surface area contributed by atoms with Gasteiger partial charge in [0, 0.05) is 23.5 Å². The lowest BCUT2D eigenvalue weighted by Gasteiger charge is -2.05. The van der Waals surface area contributed by atoms with Gasteiger partial charge >= 0.3 is 0 Å². The summed E-state index contributed by atoms with van der Waals surface area (Å²) >= 11 is 6.06. The maximum atomic E-state index is 12.0. The molecule has 100 valence electrons. The largest absolute Gasteiger partial charge is 0.320 e. The summed E-state index contributed by atoms with van der Waals surface area (Å²) in [5.41, 5.74) is 6.35. The number of hydrogen-bond donors (Lipinski definition) is 2. The summed E-state index contributed by atoms with van der Waals surface area (Å²) < 4.78 is 0. The maximum absolute atomic E-state index is 12.0. The molecule has 0 aliphatic rings. The predicted octanol–water partition coefficient (Wildman–Crippen LogP) is 1.69. The highest BCUT2D eigenvalue weighted by Crippen LogP contribution is 2.17. The maximum Gasteiger partial charge on any atom is 0.256 e. The van der Waals surface area contributed by atoms with Crippen LogP contribution in [0.2, 0.25) is 5.02 Å². The van der Waals surface area contributed by atoms with Crippen LogP contribution in [0, 0.1) is 11.8 Å². The standard InChI is InChI=1S/C14H11ClN4O/c15-12-8-11(4-3-10(12)2-1-5-16)14(20)19-13-9-17-6-7-18-13/h3-4,6-9H,5,16H2,(H,18,19,20). The van der Waals surface area contributed by atoms with Gasteiger partial charge in [-0.1, -0.05) is 23.4 Å². The SMILES string of the molecule is NCC#Cc1ccc(C(=O)Nc2cnccn2)cc1Cl. The van der Waals surface area contributed by atoms with Crippen LogP contribution < -0.4 is 11.1 Å². The zero-order valence-corrected chi connectivity index (χ0v) is 11.2. The molecule has 5 nitrogen and oxygen atoms in total. The van der Waals surface area contributed by atoms with E-state index >= 15 is 0 Å². The molecule has 0 bridgehead atoms. The Bertz CT molecular complexity index is 677. The number of nitrogens with zero attached hydrogens (tertiary/aromatic N) is 2. The van der Waals surface area contributed by atoms with Crippen molar-refractivity contribution in [1.29, 1.82) is 0 Å². The predicted molar refractivity (Wildman–Crippen MR) is 77.4 cm³/mol. The fraction of sp³-hybridized carbons (Fsp3) is 0.0714. The molecule has 0 unspecified atom stereocenters. The Balaban J connectivity index is 2.17. The van der Waals surface area contributed by atoms with Crippen molar-refractivity contribution < 1.29 is 4.79 Å². The Hall–Kier alpha value is -2.42. The van der Waals surface area contributed by atoms with Gasteiger partial charge < -0.3 is 11.1 Å². The highest BCUT2D eigenvalue weighted by Gasteiger charge is 2.09. The van der Waals surface area contributed by atoms with E-state index in [4.69, 9.17) is 17.3 Å². The van der Waals surface area contributed by atoms with Gasteiger partial charge in [-0.25, -0.2) is 4.98 Å². The average molecular weight is 287 g/mol. The molecule has 2 aromatic rings. The second-order valence-electron chi connectivity index (χ2n) is 3.75. The number of amides is 1. The molecule has 0 atom stereocenters. The normalized spacial score (nSPS) is 9.50. The molecule has 1 aromatic carbocycles. The Morgan fingerprint density at radius 3 is 2.90 bits per heavy atom. The van der Waals surface area contributed by atoms with Crippen molar-refractivity contribution in [3.8, 4) is 11.8 Å². The summed E-state index contributed by atoms with van der Waals surface area (Å²) in [6, 6.07) is 4.86. The molecular formula is C14H11ClN4O. The summed E-state index contributed by atoms with van der Waals surface area (Å²) in [5, 5.41) is 3.02. The number of carbonyl (C=O) groups is 1. The van der Waals surface area contributed by atoms with Crippen LogP contribution in [0.15, 0.2) is 36.8 Å². The van der Waals surface area contributed by atoms with E-state index in [1.807, 2.05) is 0 Å². The molecule has 0 spiro atoms. The van der Waals surface area contributed by atoms with Crippen LogP contribution in [0.5, 0.6) is 0 Å². The number of benzene rings is 1. The number of nitrogens with two attached hydrogens (primary N) is 1. The van der Waals surface area contributed by atoms with Crippen molar-refractivity contribution >= 4 is 23.3 Å². The number of carbonyl (C=O) groups excluding carboxylic acids is 1. The third-order valence-corrected chi connectivity index (χ3v) is 2.67. The van der Waals surface area contributed by atoms with Crippen LogP contribution in [0.3, 0.4) is 0 Å². The molecule has 6 heteroatoms. The molecule has 1 amide bonds. The van der Waals surface area contributed by atoms with E-state index in [2.05, 4.69) is 27.1 Å². The minimum Gasteiger partial charge on any atom is -0.320 e. The van der Waals surface area contributed by atoms with Crippen molar-refractivity contribution in [3.63, 3.8) is 0 Å². The monoisotopic (exact) mass is 286 g/mol. The smallest absolute Gasteiger partial charge is 0.256 e. The molecule has 0 radical (unpaired) electrons. The van der Waals surface area contributed by atoms with Crippen LogP contribution in [0.1, 0.15) is 15.9 Å². The van der Waals surface area contributed by atoms with Gasteiger partial charge in [0.15, 0.2) is 5.82 Å². The average Bonchev–Trinajstić information content (AvgIpc) is 2.47.